The molecule has 0 amide bonds. The number of aryl methyl sites for hydroxylation is 1. The molecule has 0 fully saturated rings. The zero-order chi connectivity index (χ0) is 18.0. The lowest BCUT2D eigenvalue weighted by atomic mass is 10.1. The highest BCUT2D eigenvalue weighted by Crippen LogP contribution is 2.19. The van der Waals surface area contributed by atoms with Crippen molar-refractivity contribution in [3.63, 3.8) is 0 Å². The summed E-state index contributed by atoms with van der Waals surface area (Å²) in [6.45, 7) is 1.92. The van der Waals surface area contributed by atoms with E-state index in [1.807, 2.05) is 24.3 Å². The van der Waals surface area contributed by atoms with Crippen LogP contribution in [-0.4, -0.2) is 19.9 Å². The Balaban J connectivity index is 1.75. The van der Waals surface area contributed by atoms with Gasteiger partial charge in [-0.05, 0) is 48.6 Å². The van der Waals surface area contributed by atoms with E-state index in [1.165, 1.54) is 12.1 Å². The van der Waals surface area contributed by atoms with Crippen molar-refractivity contribution in [2.75, 3.05) is 6.54 Å². The molecule has 0 aliphatic heterocycles. The van der Waals surface area contributed by atoms with Crippen molar-refractivity contribution in [1.82, 2.24) is 9.71 Å². The Morgan fingerprint density at radius 1 is 1.12 bits per heavy atom. The molecule has 0 radical (unpaired) electrons. The van der Waals surface area contributed by atoms with Crippen LogP contribution in [0.5, 0.6) is 0 Å². The third-order valence-corrected chi connectivity index (χ3v) is 5.84. The van der Waals surface area contributed by atoms with Gasteiger partial charge < -0.3 is 4.98 Å². The van der Waals surface area contributed by atoms with Crippen molar-refractivity contribution < 1.29 is 8.42 Å². The average molecular weight is 377 g/mol. The van der Waals surface area contributed by atoms with Crippen LogP contribution in [0, 0.1) is 6.92 Å². The van der Waals surface area contributed by atoms with Crippen molar-refractivity contribution in [1.29, 1.82) is 0 Å². The Bertz CT molecular complexity index is 1090. The molecule has 3 aromatic rings. The van der Waals surface area contributed by atoms with Crippen molar-refractivity contribution in [3.8, 4) is 0 Å². The first-order valence-electron chi connectivity index (χ1n) is 7.73. The lowest BCUT2D eigenvalue weighted by molar-refractivity contribution is 0.581. The number of hydrogen-bond donors (Lipinski definition) is 2. The fourth-order valence-electron chi connectivity index (χ4n) is 2.52. The van der Waals surface area contributed by atoms with Gasteiger partial charge >= 0.3 is 0 Å². The summed E-state index contributed by atoms with van der Waals surface area (Å²) in [5, 5.41) is 1.30. The Kier molecular flexibility index (Phi) is 4.94. The number of para-hydroxylation sites is 1. The summed E-state index contributed by atoms with van der Waals surface area (Å²) in [7, 11) is -3.67. The number of aromatic nitrogens is 1. The van der Waals surface area contributed by atoms with E-state index in [-0.39, 0.29) is 17.0 Å². The molecular formula is C18H17ClN2O3S. The first-order valence-corrected chi connectivity index (χ1v) is 9.60. The van der Waals surface area contributed by atoms with Gasteiger partial charge in [0.25, 0.3) is 5.56 Å². The Hall–Kier alpha value is -2.15. The minimum atomic E-state index is -3.67. The summed E-state index contributed by atoms with van der Waals surface area (Å²) in [5.74, 6) is 0. The van der Waals surface area contributed by atoms with Crippen LogP contribution in [0.3, 0.4) is 0 Å². The van der Waals surface area contributed by atoms with Crippen molar-refractivity contribution in [3.05, 3.63) is 75.0 Å². The lowest BCUT2D eigenvalue weighted by Gasteiger charge is -2.08. The highest BCUT2D eigenvalue weighted by atomic mass is 35.5. The number of halogens is 1. The fourth-order valence-corrected chi connectivity index (χ4v) is 3.83. The molecule has 25 heavy (non-hydrogen) atoms. The standard InChI is InChI=1S/C18H17ClN2O3S/c1-12-6-7-15(11-16(12)19)25(23,24)20-9-8-14-10-13-4-2-3-5-17(13)21-18(14)22/h2-7,10-11,20H,8-9H2,1H3,(H,21,22). The van der Waals surface area contributed by atoms with Crippen LogP contribution in [0.4, 0.5) is 0 Å². The topological polar surface area (TPSA) is 79.0 Å². The van der Waals surface area contributed by atoms with Gasteiger partial charge in [0.2, 0.25) is 10.0 Å². The molecule has 2 N–H and O–H groups in total. The number of H-pyrrole nitrogens is 1. The summed E-state index contributed by atoms with van der Waals surface area (Å²) < 4.78 is 27.2. The molecule has 0 unspecified atom stereocenters. The summed E-state index contributed by atoms with van der Waals surface area (Å²) >= 11 is 5.99. The van der Waals surface area contributed by atoms with Gasteiger partial charge in [-0.2, -0.15) is 0 Å². The van der Waals surface area contributed by atoms with Gasteiger partial charge in [-0.15, -0.1) is 0 Å². The second-order valence-electron chi connectivity index (χ2n) is 5.77. The van der Waals surface area contributed by atoms with Gasteiger partial charge in [-0.3, -0.25) is 4.79 Å². The fraction of sp³-hybridized carbons (Fsp3) is 0.167. The van der Waals surface area contributed by atoms with Gasteiger partial charge in [0.05, 0.1) is 4.90 Å². The normalized spacial score (nSPS) is 11.8. The molecule has 2 aromatic carbocycles. The van der Waals surface area contributed by atoms with Gasteiger partial charge in [0, 0.05) is 22.6 Å². The molecule has 1 heterocycles. The van der Waals surface area contributed by atoms with Gasteiger partial charge in [0.15, 0.2) is 0 Å². The molecule has 3 rings (SSSR count). The van der Waals surface area contributed by atoms with Crippen molar-refractivity contribution >= 4 is 32.5 Å². The number of rotatable bonds is 5. The van der Waals surface area contributed by atoms with Crippen LogP contribution in [0.1, 0.15) is 11.1 Å². The lowest BCUT2D eigenvalue weighted by Crippen LogP contribution is -2.27. The van der Waals surface area contributed by atoms with E-state index in [0.717, 1.165) is 16.5 Å². The van der Waals surface area contributed by atoms with E-state index in [0.29, 0.717) is 17.0 Å². The third kappa shape index (κ3) is 3.92. The first-order chi connectivity index (χ1) is 11.9. The molecule has 0 bridgehead atoms. The van der Waals surface area contributed by atoms with Crippen LogP contribution in [0.25, 0.3) is 10.9 Å². The van der Waals surface area contributed by atoms with E-state index in [9.17, 15) is 13.2 Å². The highest BCUT2D eigenvalue weighted by molar-refractivity contribution is 7.89. The monoisotopic (exact) mass is 376 g/mol. The molecule has 0 aliphatic rings. The van der Waals surface area contributed by atoms with E-state index < -0.39 is 10.0 Å². The van der Waals surface area contributed by atoms with Crippen molar-refractivity contribution in [2.45, 2.75) is 18.2 Å². The second-order valence-corrected chi connectivity index (χ2v) is 7.94. The molecule has 0 aliphatic carbocycles. The third-order valence-electron chi connectivity index (χ3n) is 3.97. The zero-order valence-electron chi connectivity index (χ0n) is 13.5. The number of hydrogen-bond acceptors (Lipinski definition) is 3. The maximum atomic E-state index is 12.3. The number of benzene rings is 2. The molecule has 0 atom stereocenters. The number of nitrogens with one attached hydrogen (secondary N) is 2. The Morgan fingerprint density at radius 2 is 1.88 bits per heavy atom. The van der Waals surface area contributed by atoms with Crippen LogP contribution in [-0.2, 0) is 16.4 Å². The van der Waals surface area contributed by atoms with E-state index in [1.54, 1.807) is 19.1 Å². The largest absolute Gasteiger partial charge is 0.322 e. The molecule has 0 saturated carbocycles. The number of pyridine rings is 1. The Labute approximate surface area is 150 Å². The predicted octanol–water partition coefficient (Wildman–Crippen LogP) is 3.01. The van der Waals surface area contributed by atoms with Crippen molar-refractivity contribution in [2.24, 2.45) is 0 Å². The molecule has 1 aromatic heterocycles. The maximum absolute atomic E-state index is 12.3. The van der Waals surface area contributed by atoms with E-state index in [4.69, 9.17) is 11.6 Å². The molecular weight excluding hydrogens is 360 g/mol. The summed E-state index contributed by atoms with van der Waals surface area (Å²) in [5.41, 5.74) is 1.88. The minimum Gasteiger partial charge on any atom is -0.322 e. The molecule has 5 nitrogen and oxygen atoms in total. The SMILES string of the molecule is Cc1ccc(S(=O)(=O)NCCc2cc3ccccc3[nH]c2=O)cc1Cl. The van der Waals surface area contributed by atoms with Crippen LogP contribution in [0.15, 0.2) is 58.2 Å². The zero-order valence-corrected chi connectivity index (χ0v) is 15.1. The van der Waals surface area contributed by atoms with Crippen LogP contribution in [0.2, 0.25) is 5.02 Å². The quantitative estimate of drug-likeness (QED) is 0.718. The number of sulfonamides is 1. The molecule has 7 heteroatoms. The average Bonchev–Trinajstić information content (AvgIpc) is 2.57. The molecule has 130 valence electrons. The van der Waals surface area contributed by atoms with E-state index in [2.05, 4.69) is 9.71 Å². The summed E-state index contributed by atoms with van der Waals surface area (Å²) in [6.07, 6.45) is 0.291. The predicted molar refractivity (Wildman–Crippen MR) is 99.7 cm³/mol. The Morgan fingerprint density at radius 3 is 2.64 bits per heavy atom. The maximum Gasteiger partial charge on any atom is 0.251 e. The van der Waals surface area contributed by atoms with Gasteiger partial charge in [-0.1, -0.05) is 35.9 Å². The first kappa shape index (κ1) is 17.7. The van der Waals surface area contributed by atoms with Gasteiger partial charge in [-0.25, -0.2) is 13.1 Å². The molecule has 0 spiro atoms. The number of aromatic amines is 1. The molecule has 0 saturated heterocycles. The van der Waals surface area contributed by atoms with Gasteiger partial charge in [0.1, 0.15) is 0 Å². The van der Waals surface area contributed by atoms with Crippen LogP contribution >= 0.6 is 11.6 Å². The number of fused-ring (bicyclic) bond motifs is 1. The van der Waals surface area contributed by atoms with E-state index >= 15 is 0 Å². The second kappa shape index (κ2) is 7.00. The highest BCUT2D eigenvalue weighted by Gasteiger charge is 2.15. The smallest absolute Gasteiger partial charge is 0.251 e. The summed E-state index contributed by atoms with van der Waals surface area (Å²) in [4.78, 5) is 15.0. The summed E-state index contributed by atoms with van der Waals surface area (Å²) in [6, 6.07) is 13.8. The minimum absolute atomic E-state index is 0.107. The van der Waals surface area contributed by atoms with Crippen LogP contribution < -0.4 is 10.3 Å².